The minimum atomic E-state index is -0.812. The quantitative estimate of drug-likeness (QED) is 0.494. The van der Waals surface area contributed by atoms with E-state index in [0.29, 0.717) is 28.6 Å². The Kier molecular flexibility index (Phi) is 5.33. The molecule has 2 heterocycles. The molecular formula is C13H13NO3S3. The van der Waals surface area contributed by atoms with Crippen molar-refractivity contribution in [2.45, 2.75) is 19.3 Å². The number of aliphatic carboxylic acids is 1. The third kappa shape index (κ3) is 3.91. The lowest BCUT2D eigenvalue weighted by Gasteiger charge is -2.13. The number of thiophene rings is 1. The smallest absolute Gasteiger partial charge is 0.303 e. The van der Waals surface area contributed by atoms with Crippen molar-refractivity contribution >= 4 is 57.6 Å². The summed E-state index contributed by atoms with van der Waals surface area (Å²) in [6.07, 6.45) is 3.16. The number of hydrogen-bond donors (Lipinski definition) is 1. The number of rotatable bonds is 6. The van der Waals surface area contributed by atoms with Gasteiger partial charge in [0, 0.05) is 13.0 Å². The van der Waals surface area contributed by atoms with Gasteiger partial charge in [0.15, 0.2) is 0 Å². The highest BCUT2D eigenvalue weighted by Gasteiger charge is 2.31. The maximum atomic E-state index is 12.2. The maximum Gasteiger partial charge on any atom is 0.303 e. The van der Waals surface area contributed by atoms with Crippen molar-refractivity contribution in [2.75, 3.05) is 6.54 Å². The third-order valence-corrected chi connectivity index (χ3v) is 4.82. The van der Waals surface area contributed by atoms with Gasteiger partial charge in [-0.05, 0) is 41.3 Å². The largest absolute Gasteiger partial charge is 0.481 e. The molecule has 7 heteroatoms. The molecule has 1 aliphatic rings. The molecule has 0 radical (unpaired) electrons. The number of hydrogen-bond acceptors (Lipinski definition) is 5. The number of carbonyl (C=O) groups is 2. The standard InChI is InChI=1S/C13H13NO3S3/c15-11(16)3-1-2-5-14-12(17)10(20-13(14)18)7-9-4-6-19-8-9/h4,6-8H,1-3,5H2,(H,15,16)/b10-7+. The molecule has 0 spiro atoms. The number of carboxylic acid groups (broad SMARTS) is 1. The number of amides is 1. The van der Waals surface area contributed by atoms with Crippen molar-refractivity contribution < 1.29 is 14.7 Å². The minimum Gasteiger partial charge on any atom is -0.481 e. The Morgan fingerprint density at radius 1 is 1.45 bits per heavy atom. The van der Waals surface area contributed by atoms with Crippen molar-refractivity contribution in [1.29, 1.82) is 0 Å². The number of thiocarbonyl (C=S) groups is 1. The molecule has 0 unspecified atom stereocenters. The molecule has 20 heavy (non-hydrogen) atoms. The molecular weight excluding hydrogens is 314 g/mol. The summed E-state index contributed by atoms with van der Waals surface area (Å²) in [5.74, 6) is -0.894. The Morgan fingerprint density at radius 2 is 2.25 bits per heavy atom. The lowest BCUT2D eigenvalue weighted by Crippen LogP contribution is -2.29. The van der Waals surface area contributed by atoms with Gasteiger partial charge in [-0.2, -0.15) is 11.3 Å². The summed E-state index contributed by atoms with van der Waals surface area (Å²) in [6.45, 7) is 0.485. The Balaban J connectivity index is 1.93. The first-order chi connectivity index (χ1) is 9.58. The first-order valence-corrected chi connectivity index (χ1v) is 8.24. The van der Waals surface area contributed by atoms with Gasteiger partial charge in [-0.25, -0.2) is 0 Å². The molecule has 0 saturated carbocycles. The first-order valence-electron chi connectivity index (χ1n) is 6.07. The molecule has 4 nitrogen and oxygen atoms in total. The van der Waals surface area contributed by atoms with E-state index in [-0.39, 0.29) is 12.3 Å². The SMILES string of the molecule is O=C(O)CCCCN1C(=O)/C(=C\c2ccsc2)SC1=S. The maximum absolute atomic E-state index is 12.2. The average Bonchev–Trinajstić information content (AvgIpc) is 2.97. The van der Waals surface area contributed by atoms with Crippen LogP contribution in [0, 0.1) is 0 Å². The highest BCUT2D eigenvalue weighted by atomic mass is 32.2. The molecule has 106 valence electrons. The topological polar surface area (TPSA) is 57.6 Å². The molecule has 0 atom stereocenters. The monoisotopic (exact) mass is 327 g/mol. The molecule has 1 aromatic heterocycles. The molecule has 1 aromatic rings. The predicted octanol–water partition coefficient (Wildman–Crippen LogP) is 3.20. The van der Waals surface area contributed by atoms with E-state index >= 15 is 0 Å². The molecule has 1 N–H and O–H groups in total. The van der Waals surface area contributed by atoms with E-state index in [1.165, 1.54) is 11.8 Å². The summed E-state index contributed by atoms with van der Waals surface area (Å²) in [7, 11) is 0. The summed E-state index contributed by atoms with van der Waals surface area (Å²) in [5, 5.41) is 12.5. The zero-order valence-corrected chi connectivity index (χ0v) is 13.0. The molecule has 2 rings (SSSR count). The second-order valence-corrected chi connectivity index (χ2v) is 6.70. The fourth-order valence-corrected chi connectivity index (χ4v) is 3.67. The molecule has 1 aliphatic heterocycles. The lowest BCUT2D eigenvalue weighted by molar-refractivity contribution is -0.137. The van der Waals surface area contributed by atoms with Gasteiger partial charge >= 0.3 is 5.97 Å². The van der Waals surface area contributed by atoms with E-state index in [2.05, 4.69) is 0 Å². The van der Waals surface area contributed by atoms with Crippen molar-refractivity contribution in [3.8, 4) is 0 Å². The Bertz CT molecular complexity index is 551. The molecule has 1 amide bonds. The van der Waals surface area contributed by atoms with Gasteiger partial charge in [-0.15, -0.1) is 0 Å². The van der Waals surface area contributed by atoms with Crippen LogP contribution in [0.25, 0.3) is 6.08 Å². The van der Waals surface area contributed by atoms with E-state index in [0.717, 1.165) is 5.56 Å². The second-order valence-electron chi connectivity index (χ2n) is 4.24. The van der Waals surface area contributed by atoms with E-state index in [9.17, 15) is 9.59 Å². The Hall–Kier alpha value is -1.18. The van der Waals surface area contributed by atoms with Crippen LogP contribution in [0.15, 0.2) is 21.7 Å². The van der Waals surface area contributed by atoms with Crippen molar-refractivity contribution in [1.82, 2.24) is 4.90 Å². The van der Waals surface area contributed by atoms with E-state index in [4.69, 9.17) is 17.3 Å². The summed E-state index contributed by atoms with van der Waals surface area (Å²) in [4.78, 5) is 24.8. The van der Waals surface area contributed by atoms with Crippen LogP contribution in [-0.4, -0.2) is 32.7 Å². The fraction of sp³-hybridized carbons (Fsp3) is 0.308. The van der Waals surface area contributed by atoms with Gasteiger partial charge in [-0.1, -0.05) is 24.0 Å². The van der Waals surface area contributed by atoms with Gasteiger partial charge < -0.3 is 5.11 Å². The second kappa shape index (κ2) is 7.01. The van der Waals surface area contributed by atoms with Gasteiger partial charge in [0.05, 0.1) is 4.91 Å². The third-order valence-electron chi connectivity index (χ3n) is 2.74. The highest BCUT2D eigenvalue weighted by Crippen LogP contribution is 2.32. The van der Waals surface area contributed by atoms with E-state index < -0.39 is 5.97 Å². The van der Waals surface area contributed by atoms with Crippen LogP contribution in [0.5, 0.6) is 0 Å². The van der Waals surface area contributed by atoms with Crippen LogP contribution < -0.4 is 0 Å². The number of carboxylic acids is 1. The average molecular weight is 327 g/mol. The summed E-state index contributed by atoms with van der Waals surface area (Å²) < 4.78 is 0.548. The van der Waals surface area contributed by atoms with Crippen LogP contribution in [0.3, 0.4) is 0 Å². The van der Waals surface area contributed by atoms with Gasteiger partial charge in [0.2, 0.25) is 0 Å². The van der Waals surface area contributed by atoms with Crippen molar-refractivity contribution in [3.63, 3.8) is 0 Å². The minimum absolute atomic E-state index is 0.0819. The highest BCUT2D eigenvalue weighted by molar-refractivity contribution is 8.26. The van der Waals surface area contributed by atoms with Crippen LogP contribution in [-0.2, 0) is 9.59 Å². The van der Waals surface area contributed by atoms with Crippen LogP contribution in [0.1, 0.15) is 24.8 Å². The molecule has 0 aliphatic carbocycles. The molecule has 1 saturated heterocycles. The van der Waals surface area contributed by atoms with Gasteiger partial charge in [0.1, 0.15) is 4.32 Å². The van der Waals surface area contributed by atoms with Crippen molar-refractivity contribution in [3.05, 3.63) is 27.3 Å². The summed E-state index contributed by atoms with van der Waals surface area (Å²) in [5.41, 5.74) is 1.00. The molecule has 0 aromatic carbocycles. The van der Waals surface area contributed by atoms with Crippen LogP contribution >= 0.6 is 35.3 Å². The Labute approximate surface area is 130 Å². The lowest BCUT2D eigenvalue weighted by atomic mass is 10.2. The molecule has 0 bridgehead atoms. The summed E-state index contributed by atoms with van der Waals surface area (Å²) >= 11 is 8.08. The Morgan fingerprint density at radius 3 is 2.90 bits per heavy atom. The predicted molar refractivity (Wildman–Crippen MR) is 85.7 cm³/mol. The zero-order valence-electron chi connectivity index (χ0n) is 10.6. The number of unbranched alkanes of at least 4 members (excludes halogenated alkanes) is 1. The first kappa shape index (κ1) is 15.2. The van der Waals surface area contributed by atoms with E-state index in [1.807, 2.05) is 22.9 Å². The van der Waals surface area contributed by atoms with Crippen LogP contribution in [0.4, 0.5) is 0 Å². The van der Waals surface area contributed by atoms with Gasteiger partial charge in [0.25, 0.3) is 5.91 Å². The van der Waals surface area contributed by atoms with E-state index in [1.54, 1.807) is 16.2 Å². The van der Waals surface area contributed by atoms with Crippen molar-refractivity contribution in [2.24, 2.45) is 0 Å². The number of nitrogens with zero attached hydrogens (tertiary/aromatic N) is 1. The molecule has 1 fully saturated rings. The zero-order chi connectivity index (χ0) is 14.5. The van der Waals surface area contributed by atoms with Crippen LogP contribution in [0.2, 0.25) is 0 Å². The summed E-state index contributed by atoms with van der Waals surface area (Å²) in [6, 6.07) is 1.95. The fourth-order valence-electron chi connectivity index (χ4n) is 1.75. The number of thioether (sulfide) groups is 1. The number of carbonyl (C=O) groups excluding carboxylic acids is 1. The normalized spacial score (nSPS) is 17.2. The van der Waals surface area contributed by atoms with Gasteiger partial charge in [-0.3, -0.25) is 14.5 Å².